The number of rotatable bonds is 1. The highest BCUT2D eigenvalue weighted by Gasteiger charge is 2.12. The van der Waals surface area contributed by atoms with E-state index < -0.39 is 0 Å². The first-order valence-electron chi connectivity index (χ1n) is 5.95. The van der Waals surface area contributed by atoms with Crippen LogP contribution in [0, 0.1) is 6.92 Å². The van der Waals surface area contributed by atoms with Gasteiger partial charge in [0.1, 0.15) is 5.76 Å². The predicted octanol–water partition coefficient (Wildman–Crippen LogP) is 4.42. The number of fused-ring (bicyclic) bond motifs is 1. The van der Waals surface area contributed by atoms with E-state index in [4.69, 9.17) is 16.0 Å². The molecule has 94 valence electrons. The molecule has 1 aromatic heterocycles. The number of halogens is 1. The SMILES string of the molecule is Cc1c(-c2ccccc2)oc(=O)c2ccc(Cl)cc12. The van der Waals surface area contributed by atoms with Crippen LogP contribution in [0.5, 0.6) is 0 Å². The molecule has 0 unspecified atom stereocenters. The highest BCUT2D eigenvalue weighted by atomic mass is 35.5. The van der Waals surface area contributed by atoms with Gasteiger partial charge < -0.3 is 4.42 Å². The number of hydrogen-bond donors (Lipinski definition) is 0. The van der Waals surface area contributed by atoms with E-state index in [1.807, 2.05) is 37.3 Å². The quantitative estimate of drug-likeness (QED) is 0.655. The monoisotopic (exact) mass is 270 g/mol. The fraction of sp³-hybridized carbons (Fsp3) is 0.0625. The molecule has 0 amide bonds. The molecule has 0 N–H and O–H groups in total. The second kappa shape index (κ2) is 4.56. The number of aryl methyl sites for hydroxylation is 1. The lowest BCUT2D eigenvalue weighted by atomic mass is 10.0. The van der Waals surface area contributed by atoms with Crippen LogP contribution < -0.4 is 5.63 Å². The molecule has 19 heavy (non-hydrogen) atoms. The molecule has 2 aromatic carbocycles. The first-order valence-corrected chi connectivity index (χ1v) is 6.33. The molecule has 0 fully saturated rings. The van der Waals surface area contributed by atoms with Crippen LogP contribution in [0.3, 0.4) is 0 Å². The van der Waals surface area contributed by atoms with Crippen molar-refractivity contribution < 1.29 is 4.42 Å². The number of hydrogen-bond acceptors (Lipinski definition) is 2. The van der Waals surface area contributed by atoms with Gasteiger partial charge in [0.15, 0.2) is 0 Å². The van der Waals surface area contributed by atoms with E-state index in [0.717, 1.165) is 16.5 Å². The van der Waals surface area contributed by atoms with E-state index in [1.54, 1.807) is 18.2 Å². The van der Waals surface area contributed by atoms with Gasteiger partial charge in [0.05, 0.1) is 5.39 Å². The molecule has 3 rings (SSSR count). The summed E-state index contributed by atoms with van der Waals surface area (Å²) < 4.78 is 5.45. The van der Waals surface area contributed by atoms with Crippen molar-refractivity contribution in [1.82, 2.24) is 0 Å². The molecule has 0 saturated heterocycles. The normalized spacial score (nSPS) is 10.8. The van der Waals surface area contributed by atoms with Gasteiger partial charge in [0.2, 0.25) is 0 Å². The lowest BCUT2D eigenvalue weighted by molar-refractivity contribution is 0.531. The Balaban J connectivity index is 2.40. The van der Waals surface area contributed by atoms with Crippen molar-refractivity contribution >= 4 is 22.4 Å². The Morgan fingerprint density at radius 3 is 2.47 bits per heavy atom. The summed E-state index contributed by atoms with van der Waals surface area (Å²) >= 11 is 6.01. The van der Waals surface area contributed by atoms with Crippen molar-refractivity contribution in [3.63, 3.8) is 0 Å². The van der Waals surface area contributed by atoms with Crippen molar-refractivity contribution in [2.45, 2.75) is 6.92 Å². The second-order valence-corrected chi connectivity index (χ2v) is 4.84. The van der Waals surface area contributed by atoms with Gasteiger partial charge in [-0.1, -0.05) is 41.9 Å². The molecule has 0 saturated carbocycles. The van der Waals surface area contributed by atoms with Gasteiger partial charge in [0, 0.05) is 16.1 Å². The van der Waals surface area contributed by atoms with Crippen LogP contribution >= 0.6 is 11.6 Å². The highest BCUT2D eigenvalue weighted by molar-refractivity contribution is 6.31. The maximum atomic E-state index is 12.0. The molecule has 3 aromatic rings. The first-order chi connectivity index (χ1) is 9.16. The van der Waals surface area contributed by atoms with E-state index in [-0.39, 0.29) is 5.63 Å². The van der Waals surface area contributed by atoms with E-state index >= 15 is 0 Å². The molecule has 0 aliphatic rings. The molecule has 0 spiro atoms. The molecule has 2 nitrogen and oxygen atoms in total. The summed E-state index contributed by atoms with van der Waals surface area (Å²) in [4.78, 5) is 12.0. The van der Waals surface area contributed by atoms with E-state index in [2.05, 4.69) is 0 Å². The Hall–Kier alpha value is -2.06. The summed E-state index contributed by atoms with van der Waals surface area (Å²) in [6.45, 7) is 1.93. The lowest BCUT2D eigenvalue weighted by Gasteiger charge is -2.08. The second-order valence-electron chi connectivity index (χ2n) is 4.40. The molecule has 1 heterocycles. The van der Waals surface area contributed by atoms with Gasteiger partial charge >= 0.3 is 5.63 Å². The molecule has 0 radical (unpaired) electrons. The van der Waals surface area contributed by atoms with Crippen molar-refractivity contribution in [2.75, 3.05) is 0 Å². The maximum absolute atomic E-state index is 12.0. The van der Waals surface area contributed by atoms with Gasteiger partial charge in [-0.25, -0.2) is 4.79 Å². The van der Waals surface area contributed by atoms with Crippen molar-refractivity contribution in [3.8, 4) is 11.3 Å². The topological polar surface area (TPSA) is 30.2 Å². The van der Waals surface area contributed by atoms with Crippen molar-refractivity contribution in [1.29, 1.82) is 0 Å². The van der Waals surface area contributed by atoms with Gasteiger partial charge in [-0.05, 0) is 30.5 Å². The summed E-state index contributed by atoms with van der Waals surface area (Å²) in [5, 5.41) is 2.00. The van der Waals surface area contributed by atoms with Crippen LogP contribution in [0.1, 0.15) is 5.56 Å². The Bertz CT molecular complexity index is 804. The minimum absolute atomic E-state index is 0.337. The van der Waals surface area contributed by atoms with Crippen LogP contribution in [-0.2, 0) is 0 Å². The summed E-state index contributed by atoms with van der Waals surface area (Å²) in [7, 11) is 0. The molecule has 0 atom stereocenters. The van der Waals surface area contributed by atoms with Crippen LogP contribution in [0.2, 0.25) is 5.02 Å². The maximum Gasteiger partial charge on any atom is 0.344 e. The van der Waals surface area contributed by atoms with Crippen LogP contribution in [0.25, 0.3) is 22.1 Å². The Morgan fingerprint density at radius 1 is 1.00 bits per heavy atom. The highest BCUT2D eigenvalue weighted by Crippen LogP contribution is 2.28. The van der Waals surface area contributed by atoms with Gasteiger partial charge in [-0.15, -0.1) is 0 Å². The van der Waals surface area contributed by atoms with Crippen LogP contribution in [-0.4, -0.2) is 0 Å². The summed E-state index contributed by atoms with van der Waals surface area (Å²) in [6, 6.07) is 14.8. The predicted molar refractivity (Wildman–Crippen MR) is 77.7 cm³/mol. The Kier molecular flexibility index (Phi) is 2.88. The zero-order chi connectivity index (χ0) is 13.4. The molecular weight excluding hydrogens is 260 g/mol. The Labute approximate surface area is 115 Å². The number of benzene rings is 2. The zero-order valence-corrected chi connectivity index (χ0v) is 11.1. The lowest BCUT2D eigenvalue weighted by Crippen LogP contribution is -2.02. The van der Waals surface area contributed by atoms with Gasteiger partial charge in [0.25, 0.3) is 0 Å². The van der Waals surface area contributed by atoms with E-state index in [1.165, 1.54) is 0 Å². The van der Waals surface area contributed by atoms with Crippen molar-refractivity contribution in [3.05, 3.63) is 69.5 Å². The van der Waals surface area contributed by atoms with E-state index in [0.29, 0.717) is 16.2 Å². The smallest absolute Gasteiger partial charge is 0.344 e. The first kappa shape index (κ1) is 12.0. The average molecular weight is 271 g/mol. The third-order valence-electron chi connectivity index (χ3n) is 3.18. The summed E-state index contributed by atoms with van der Waals surface area (Å²) in [5.74, 6) is 0.598. The minimum Gasteiger partial charge on any atom is -0.422 e. The third kappa shape index (κ3) is 2.04. The molecule has 0 bridgehead atoms. The van der Waals surface area contributed by atoms with Gasteiger partial charge in [-0.3, -0.25) is 0 Å². The fourth-order valence-electron chi connectivity index (χ4n) is 2.22. The standard InChI is InChI=1S/C16H11ClO2/c1-10-14-9-12(17)7-8-13(14)16(18)19-15(10)11-5-3-2-4-6-11/h2-9H,1H3. The zero-order valence-electron chi connectivity index (χ0n) is 10.3. The minimum atomic E-state index is -0.337. The molecule has 0 aliphatic carbocycles. The van der Waals surface area contributed by atoms with Crippen LogP contribution in [0.4, 0.5) is 0 Å². The summed E-state index contributed by atoms with van der Waals surface area (Å²) in [5.41, 5.74) is 1.47. The average Bonchev–Trinajstić information content (AvgIpc) is 2.43. The van der Waals surface area contributed by atoms with E-state index in [9.17, 15) is 4.79 Å². The molecule has 0 aliphatic heterocycles. The fourth-order valence-corrected chi connectivity index (χ4v) is 2.39. The largest absolute Gasteiger partial charge is 0.422 e. The summed E-state index contributed by atoms with van der Waals surface area (Å²) in [6.07, 6.45) is 0. The van der Waals surface area contributed by atoms with Gasteiger partial charge in [-0.2, -0.15) is 0 Å². The Morgan fingerprint density at radius 2 is 1.74 bits per heavy atom. The third-order valence-corrected chi connectivity index (χ3v) is 3.41. The van der Waals surface area contributed by atoms with Crippen LogP contribution in [0.15, 0.2) is 57.7 Å². The molecular formula is C16H11ClO2. The van der Waals surface area contributed by atoms with Crippen molar-refractivity contribution in [2.24, 2.45) is 0 Å². The molecule has 3 heteroatoms.